The highest BCUT2D eigenvalue weighted by molar-refractivity contribution is 6.21. The highest BCUT2D eigenvalue weighted by atomic mass is 16.1. The van der Waals surface area contributed by atoms with Gasteiger partial charge < -0.3 is 4.98 Å². The molecule has 25 heavy (non-hydrogen) atoms. The van der Waals surface area contributed by atoms with Gasteiger partial charge in [-0.25, -0.2) is 0 Å². The summed E-state index contributed by atoms with van der Waals surface area (Å²) < 4.78 is 0. The molecule has 5 nitrogen and oxygen atoms in total. The van der Waals surface area contributed by atoms with Crippen LogP contribution in [0.4, 0.5) is 5.69 Å². The lowest BCUT2D eigenvalue weighted by Crippen LogP contribution is -2.02. The molecule has 2 aromatic heterocycles. The maximum absolute atomic E-state index is 12.4. The average Bonchev–Trinajstić information content (AvgIpc) is 3.34. The minimum absolute atomic E-state index is 0.148. The van der Waals surface area contributed by atoms with Crippen molar-refractivity contribution in [2.75, 3.05) is 0 Å². The van der Waals surface area contributed by atoms with E-state index in [-0.39, 0.29) is 5.56 Å². The second-order valence-corrected chi connectivity index (χ2v) is 5.99. The Kier molecular flexibility index (Phi) is 2.87. The summed E-state index contributed by atoms with van der Waals surface area (Å²) in [5, 5.41) is 6.79. The highest BCUT2D eigenvalue weighted by Crippen LogP contribution is 2.34. The van der Waals surface area contributed by atoms with E-state index in [0.717, 1.165) is 39.0 Å². The minimum atomic E-state index is -0.148. The third-order valence-electron chi connectivity index (χ3n) is 4.53. The lowest BCUT2D eigenvalue weighted by atomic mass is 10.0. The maximum Gasteiger partial charge on any atom is 0.271 e. The summed E-state index contributed by atoms with van der Waals surface area (Å²) >= 11 is 0. The fraction of sp³-hybridized carbons (Fsp3) is 0. The number of aromatic amines is 3. The van der Waals surface area contributed by atoms with E-state index in [1.54, 1.807) is 6.21 Å². The molecule has 1 aliphatic heterocycles. The molecule has 0 bridgehead atoms. The fourth-order valence-corrected chi connectivity index (χ4v) is 3.31. The zero-order chi connectivity index (χ0) is 16.8. The van der Waals surface area contributed by atoms with Crippen molar-refractivity contribution in [2.24, 2.45) is 4.99 Å². The molecule has 0 atom stereocenters. The molecule has 0 spiro atoms. The van der Waals surface area contributed by atoms with Gasteiger partial charge in [-0.2, -0.15) is 0 Å². The first kappa shape index (κ1) is 13.8. The van der Waals surface area contributed by atoms with Crippen LogP contribution in [0.1, 0.15) is 11.1 Å². The summed E-state index contributed by atoms with van der Waals surface area (Å²) in [6.45, 7) is 0. The molecule has 2 aromatic carbocycles. The highest BCUT2D eigenvalue weighted by Gasteiger charge is 2.17. The number of aliphatic imine (C=N–C) groups is 1. The third-order valence-corrected chi connectivity index (χ3v) is 4.53. The number of nitrogens with one attached hydrogen (secondary N) is 3. The van der Waals surface area contributed by atoms with Gasteiger partial charge in [0.2, 0.25) is 0 Å². The van der Waals surface area contributed by atoms with E-state index >= 15 is 0 Å². The molecule has 120 valence electrons. The van der Waals surface area contributed by atoms with Crippen LogP contribution in [0, 0.1) is 0 Å². The second kappa shape index (κ2) is 5.21. The predicted octanol–water partition coefficient (Wildman–Crippen LogP) is 4.11. The van der Waals surface area contributed by atoms with Gasteiger partial charge in [0.15, 0.2) is 0 Å². The first-order valence-corrected chi connectivity index (χ1v) is 8.03. The van der Waals surface area contributed by atoms with Crippen LogP contribution in [0.5, 0.6) is 0 Å². The Bertz CT molecular complexity index is 1220. The molecular formula is C20H14N4O. The van der Waals surface area contributed by atoms with Crippen molar-refractivity contribution in [1.29, 1.82) is 0 Å². The monoisotopic (exact) mass is 326 g/mol. The molecule has 3 heterocycles. The van der Waals surface area contributed by atoms with Crippen molar-refractivity contribution in [1.82, 2.24) is 15.2 Å². The van der Waals surface area contributed by atoms with E-state index in [4.69, 9.17) is 0 Å². The summed E-state index contributed by atoms with van der Waals surface area (Å²) in [6, 6.07) is 15.9. The topological polar surface area (TPSA) is 76.8 Å². The third kappa shape index (κ3) is 2.10. The number of allylic oxidation sites excluding steroid dienone is 1. The summed E-state index contributed by atoms with van der Waals surface area (Å²) in [6.07, 6.45) is 5.61. The molecule has 4 aromatic rings. The standard InChI is InChI=1S/C20H14N4O/c25-20-15(9-12-10-21-17-7-3-1-5-13(12)17)19(23-24-20)16-11-22-18-8-4-2-6-14(16)18/h1-11,22H,(H2,23,24,25). The first-order valence-electron chi connectivity index (χ1n) is 8.03. The number of fused-ring (bicyclic) bond motifs is 2. The number of aromatic nitrogens is 3. The molecular weight excluding hydrogens is 312 g/mol. The zero-order valence-corrected chi connectivity index (χ0v) is 13.2. The van der Waals surface area contributed by atoms with Crippen molar-refractivity contribution >= 4 is 34.5 Å². The van der Waals surface area contributed by atoms with Crippen LogP contribution >= 0.6 is 0 Å². The first-order chi connectivity index (χ1) is 12.3. The van der Waals surface area contributed by atoms with Gasteiger partial charge in [0.05, 0.1) is 16.9 Å². The molecule has 0 unspecified atom stereocenters. The van der Waals surface area contributed by atoms with Crippen LogP contribution < -0.4 is 5.56 Å². The van der Waals surface area contributed by atoms with Gasteiger partial charge in [-0.05, 0) is 18.2 Å². The Hall–Kier alpha value is -3.60. The summed E-state index contributed by atoms with van der Waals surface area (Å²) in [5.41, 5.74) is 6.11. The van der Waals surface area contributed by atoms with Crippen LogP contribution in [0.15, 0.2) is 64.5 Å². The molecule has 1 aliphatic rings. The molecule has 5 rings (SSSR count). The van der Waals surface area contributed by atoms with Crippen molar-refractivity contribution in [3.05, 3.63) is 76.2 Å². The molecule has 3 N–H and O–H groups in total. The predicted molar refractivity (Wildman–Crippen MR) is 101 cm³/mol. The summed E-state index contributed by atoms with van der Waals surface area (Å²) in [4.78, 5) is 20.0. The van der Waals surface area contributed by atoms with Gasteiger partial charge >= 0.3 is 0 Å². The zero-order valence-electron chi connectivity index (χ0n) is 13.2. The number of para-hydroxylation sites is 2. The van der Waals surface area contributed by atoms with E-state index in [9.17, 15) is 4.79 Å². The van der Waals surface area contributed by atoms with Gasteiger partial charge in [0.25, 0.3) is 5.56 Å². The maximum atomic E-state index is 12.4. The molecule has 0 saturated heterocycles. The average molecular weight is 326 g/mol. The quantitative estimate of drug-likeness (QED) is 0.509. The molecule has 0 saturated carbocycles. The molecule has 0 aliphatic carbocycles. The van der Waals surface area contributed by atoms with Crippen LogP contribution in [-0.4, -0.2) is 21.4 Å². The van der Waals surface area contributed by atoms with Gasteiger partial charge in [-0.3, -0.25) is 20.0 Å². The molecule has 5 heteroatoms. The Morgan fingerprint density at radius 2 is 1.76 bits per heavy atom. The molecule has 0 fully saturated rings. The van der Waals surface area contributed by atoms with Gasteiger partial charge in [-0.15, -0.1) is 0 Å². The lowest BCUT2D eigenvalue weighted by molar-refractivity contribution is 1.06. The van der Waals surface area contributed by atoms with Gasteiger partial charge in [-0.1, -0.05) is 36.4 Å². The van der Waals surface area contributed by atoms with E-state index in [2.05, 4.69) is 20.2 Å². The lowest BCUT2D eigenvalue weighted by Gasteiger charge is -2.00. The number of rotatable bonds is 2. The van der Waals surface area contributed by atoms with Gasteiger partial charge in [0.1, 0.15) is 0 Å². The van der Waals surface area contributed by atoms with Gasteiger partial charge in [0, 0.05) is 40.0 Å². The smallest absolute Gasteiger partial charge is 0.271 e. The number of hydrogen-bond donors (Lipinski definition) is 3. The van der Waals surface area contributed by atoms with Crippen molar-refractivity contribution < 1.29 is 0 Å². The normalized spacial score (nSPS) is 14.5. The van der Waals surface area contributed by atoms with E-state index in [0.29, 0.717) is 5.56 Å². The number of benzene rings is 2. The van der Waals surface area contributed by atoms with Crippen molar-refractivity contribution in [3.63, 3.8) is 0 Å². The number of H-pyrrole nitrogens is 3. The Labute approximate surface area is 142 Å². The largest absolute Gasteiger partial charge is 0.360 e. The minimum Gasteiger partial charge on any atom is -0.360 e. The molecule has 0 amide bonds. The van der Waals surface area contributed by atoms with Crippen LogP contribution in [0.3, 0.4) is 0 Å². The number of nitrogens with zero attached hydrogens (tertiary/aromatic N) is 1. The SMILES string of the molecule is O=c1[nH][nH]c(-c2c[nH]c3ccccc23)c1C=C1C=Nc2ccccc21. The summed E-state index contributed by atoms with van der Waals surface area (Å²) in [7, 11) is 0. The van der Waals surface area contributed by atoms with E-state index in [1.165, 1.54) is 0 Å². The Balaban J connectivity index is 1.70. The van der Waals surface area contributed by atoms with E-state index in [1.807, 2.05) is 60.8 Å². The van der Waals surface area contributed by atoms with E-state index < -0.39 is 0 Å². The second-order valence-electron chi connectivity index (χ2n) is 5.99. The molecule has 0 radical (unpaired) electrons. The van der Waals surface area contributed by atoms with Crippen molar-refractivity contribution in [2.45, 2.75) is 0 Å². The van der Waals surface area contributed by atoms with Crippen LogP contribution in [0.2, 0.25) is 0 Å². The van der Waals surface area contributed by atoms with Crippen LogP contribution in [0.25, 0.3) is 33.8 Å². The Morgan fingerprint density at radius 1 is 0.920 bits per heavy atom. The summed E-state index contributed by atoms with van der Waals surface area (Å²) in [5.74, 6) is 0. The number of hydrogen-bond acceptors (Lipinski definition) is 2. The fourth-order valence-electron chi connectivity index (χ4n) is 3.31. The van der Waals surface area contributed by atoms with Crippen molar-refractivity contribution in [3.8, 4) is 11.3 Å². The Morgan fingerprint density at radius 3 is 2.72 bits per heavy atom. The van der Waals surface area contributed by atoms with Crippen LogP contribution in [-0.2, 0) is 0 Å².